The molecule has 0 spiro atoms. The Hall–Kier alpha value is -0.120. The van der Waals surface area contributed by atoms with Crippen molar-refractivity contribution in [1.82, 2.24) is 0 Å². The molecule has 0 unspecified atom stereocenters. The predicted octanol–water partition coefficient (Wildman–Crippen LogP) is 6.72. The van der Waals surface area contributed by atoms with Crippen molar-refractivity contribution in [2.24, 2.45) is 0 Å². The first-order valence-electron chi connectivity index (χ1n) is 15.7. The third-order valence-corrected chi connectivity index (χ3v) is 7.97. The fourth-order valence-electron chi connectivity index (χ4n) is 5.31. The second-order valence-electron chi connectivity index (χ2n) is 12.9. The molecule has 3 nitrogen and oxygen atoms in total. The molecule has 206 valence electrons. The molecule has 34 heavy (non-hydrogen) atoms. The van der Waals surface area contributed by atoms with E-state index in [2.05, 4.69) is 49.1 Å². The van der Waals surface area contributed by atoms with Crippen LogP contribution in [0.4, 0.5) is 0 Å². The fourth-order valence-corrected chi connectivity index (χ4v) is 5.31. The molecule has 0 aromatic heterocycles. The highest BCUT2D eigenvalue weighted by Crippen LogP contribution is 2.11. The number of nitrogens with one attached hydrogen (secondary N) is 1. The van der Waals surface area contributed by atoms with Crippen LogP contribution in [-0.4, -0.2) is 83.5 Å². The minimum Gasteiger partial charge on any atom is -0.337 e. The van der Waals surface area contributed by atoms with Gasteiger partial charge in [-0.05, 0) is 25.7 Å². The quantitative estimate of drug-likeness (QED) is 0.103. The zero-order valence-corrected chi connectivity index (χ0v) is 25.4. The monoisotopic (exact) mass is 485 g/mol. The molecule has 0 amide bonds. The third kappa shape index (κ3) is 23.6. The highest BCUT2D eigenvalue weighted by molar-refractivity contribution is 4.48. The van der Waals surface area contributed by atoms with Crippen LogP contribution < -0.4 is 4.90 Å². The van der Waals surface area contributed by atoms with Gasteiger partial charge in [0, 0.05) is 12.8 Å². The van der Waals surface area contributed by atoms with E-state index in [9.17, 15) is 0 Å². The molecular weight excluding hydrogens is 414 g/mol. The molecule has 0 saturated heterocycles. The second kappa shape index (κ2) is 22.1. The summed E-state index contributed by atoms with van der Waals surface area (Å²) in [6.45, 7) is 12.7. The lowest BCUT2D eigenvalue weighted by Gasteiger charge is -2.31. The Morgan fingerprint density at radius 1 is 0.382 bits per heavy atom. The van der Waals surface area contributed by atoms with Gasteiger partial charge < -0.3 is 13.9 Å². The third-order valence-electron chi connectivity index (χ3n) is 7.97. The van der Waals surface area contributed by atoms with Crippen molar-refractivity contribution in [3.05, 3.63) is 0 Å². The minimum absolute atomic E-state index is 1.21. The lowest BCUT2D eigenvalue weighted by molar-refractivity contribution is -0.913. The Balaban J connectivity index is 3.70. The summed E-state index contributed by atoms with van der Waals surface area (Å²) in [4.78, 5) is 1.74. The average molecular weight is 485 g/mol. The second-order valence-corrected chi connectivity index (χ2v) is 12.9. The van der Waals surface area contributed by atoms with Crippen LogP contribution in [0.3, 0.4) is 0 Å². The summed E-state index contributed by atoms with van der Waals surface area (Å²) in [6, 6.07) is 0. The lowest BCUT2D eigenvalue weighted by atomic mass is 10.1. The van der Waals surface area contributed by atoms with Gasteiger partial charge in [-0.25, -0.2) is 0 Å². The van der Waals surface area contributed by atoms with Gasteiger partial charge in [0.15, 0.2) is 0 Å². The van der Waals surface area contributed by atoms with Crippen LogP contribution >= 0.6 is 0 Å². The summed E-state index contributed by atoms with van der Waals surface area (Å²) in [6.07, 6.45) is 25.6. The Kier molecular flexibility index (Phi) is 22.0. The van der Waals surface area contributed by atoms with E-state index in [1.165, 1.54) is 164 Å². The Morgan fingerprint density at radius 3 is 0.971 bits per heavy atom. The maximum absolute atomic E-state index is 2.45. The van der Waals surface area contributed by atoms with Gasteiger partial charge in [0.1, 0.15) is 0 Å². The largest absolute Gasteiger partial charge is 0.337 e. The van der Waals surface area contributed by atoms with Crippen LogP contribution in [0.1, 0.15) is 129 Å². The first kappa shape index (κ1) is 33.9. The minimum atomic E-state index is 1.21. The molecule has 1 N–H and O–H groups in total. The molecule has 0 aromatic rings. The van der Waals surface area contributed by atoms with Gasteiger partial charge in [-0.1, -0.05) is 90.9 Å². The smallest absolute Gasteiger partial charge is 0.0836 e. The zero-order chi connectivity index (χ0) is 25.5. The normalized spacial score (nSPS) is 12.7. The van der Waals surface area contributed by atoms with Gasteiger partial charge in [0.25, 0.3) is 0 Å². The molecule has 0 aliphatic carbocycles. The standard InChI is InChI=1S/C31H69N3/c1-8-10-12-14-16-18-20-22-28-33(4,5)30-24-26-32(3)27-25-31-34(6,7)29-23-21-19-17-15-13-11-9-2/h8-31H2,1-7H3/q+2/p+1. The molecule has 0 aromatic carbocycles. The molecule has 0 aliphatic rings. The molecule has 0 bridgehead atoms. The number of hydrogen-bond acceptors (Lipinski definition) is 0. The number of rotatable bonds is 26. The van der Waals surface area contributed by atoms with Gasteiger partial charge in [-0.2, -0.15) is 0 Å². The van der Waals surface area contributed by atoms with Crippen molar-refractivity contribution in [3.8, 4) is 0 Å². The molecule has 0 rings (SSSR count). The van der Waals surface area contributed by atoms with E-state index in [1.807, 2.05) is 0 Å². The van der Waals surface area contributed by atoms with Crippen molar-refractivity contribution in [2.45, 2.75) is 129 Å². The SMILES string of the molecule is CCCCCCCCCC[N+](C)(C)CCC[NH+](C)CCC[N+](C)(C)CCCCCCCCCC. The van der Waals surface area contributed by atoms with Crippen molar-refractivity contribution in [3.63, 3.8) is 0 Å². The molecule has 0 heterocycles. The van der Waals surface area contributed by atoms with E-state index < -0.39 is 0 Å². The van der Waals surface area contributed by atoms with E-state index in [0.29, 0.717) is 0 Å². The van der Waals surface area contributed by atoms with E-state index in [-0.39, 0.29) is 0 Å². The summed E-state index contributed by atoms with van der Waals surface area (Å²) in [7, 11) is 12.2. The summed E-state index contributed by atoms with van der Waals surface area (Å²) >= 11 is 0. The molecular formula is C31H70N3+3. The molecule has 0 atom stereocenters. The van der Waals surface area contributed by atoms with Crippen LogP contribution in [0.5, 0.6) is 0 Å². The average Bonchev–Trinajstić information content (AvgIpc) is 2.77. The van der Waals surface area contributed by atoms with Crippen LogP contribution in [0.2, 0.25) is 0 Å². The predicted molar refractivity (Wildman–Crippen MR) is 155 cm³/mol. The van der Waals surface area contributed by atoms with Gasteiger partial charge in [-0.3, -0.25) is 0 Å². The first-order chi connectivity index (χ1) is 16.2. The summed E-state index contributed by atoms with van der Waals surface area (Å²) < 4.78 is 2.43. The van der Waals surface area contributed by atoms with Crippen molar-refractivity contribution >= 4 is 0 Å². The number of unbranched alkanes of at least 4 members (excludes halogenated alkanes) is 14. The molecule has 0 radical (unpaired) electrons. The van der Waals surface area contributed by atoms with Crippen molar-refractivity contribution < 1.29 is 13.9 Å². The van der Waals surface area contributed by atoms with E-state index in [4.69, 9.17) is 0 Å². The highest BCUT2D eigenvalue weighted by Gasteiger charge is 2.17. The van der Waals surface area contributed by atoms with Crippen LogP contribution in [-0.2, 0) is 0 Å². The van der Waals surface area contributed by atoms with Gasteiger partial charge in [0.05, 0.1) is 74.5 Å². The van der Waals surface area contributed by atoms with E-state index in [0.717, 1.165) is 0 Å². The fraction of sp³-hybridized carbons (Fsp3) is 1.00. The van der Waals surface area contributed by atoms with Gasteiger partial charge >= 0.3 is 0 Å². The molecule has 0 aliphatic heterocycles. The maximum Gasteiger partial charge on any atom is 0.0836 e. The number of quaternary nitrogens is 3. The highest BCUT2D eigenvalue weighted by atomic mass is 15.3. The summed E-state index contributed by atoms with van der Waals surface area (Å²) in [5.74, 6) is 0. The van der Waals surface area contributed by atoms with Crippen molar-refractivity contribution in [2.75, 3.05) is 74.5 Å². The number of hydrogen-bond donors (Lipinski definition) is 1. The molecule has 0 saturated carbocycles. The molecule has 3 heteroatoms. The zero-order valence-electron chi connectivity index (χ0n) is 25.4. The van der Waals surface area contributed by atoms with Crippen molar-refractivity contribution in [1.29, 1.82) is 0 Å². The van der Waals surface area contributed by atoms with E-state index >= 15 is 0 Å². The molecule has 0 fully saturated rings. The first-order valence-corrected chi connectivity index (χ1v) is 15.7. The lowest BCUT2D eigenvalue weighted by Crippen LogP contribution is -3.09. The van der Waals surface area contributed by atoms with Crippen LogP contribution in [0.25, 0.3) is 0 Å². The topological polar surface area (TPSA) is 4.44 Å². The maximum atomic E-state index is 2.45. The van der Waals surface area contributed by atoms with E-state index in [1.54, 1.807) is 4.90 Å². The van der Waals surface area contributed by atoms with Gasteiger partial charge in [-0.15, -0.1) is 0 Å². The Bertz CT molecular complexity index is 381. The summed E-state index contributed by atoms with van der Waals surface area (Å²) in [5.41, 5.74) is 0. The summed E-state index contributed by atoms with van der Waals surface area (Å²) in [5, 5.41) is 0. The van der Waals surface area contributed by atoms with Crippen LogP contribution in [0.15, 0.2) is 0 Å². The van der Waals surface area contributed by atoms with Crippen LogP contribution in [0, 0.1) is 0 Å². The Labute approximate surface area is 217 Å². The Morgan fingerprint density at radius 2 is 0.647 bits per heavy atom. The number of nitrogens with zero attached hydrogens (tertiary/aromatic N) is 2. The van der Waals surface area contributed by atoms with Gasteiger partial charge in [0.2, 0.25) is 0 Å².